The lowest BCUT2D eigenvalue weighted by molar-refractivity contribution is 0.238. The minimum atomic E-state index is -2.77. The predicted octanol–water partition coefficient (Wildman–Crippen LogP) is 1.31. The van der Waals surface area contributed by atoms with Crippen LogP contribution >= 0.6 is 8.25 Å². The lowest BCUT2D eigenvalue weighted by Crippen LogP contribution is -1.96. The summed E-state index contributed by atoms with van der Waals surface area (Å²) in [6.45, 7) is 0. The van der Waals surface area contributed by atoms with Crippen LogP contribution in [0.4, 0.5) is 0 Å². The molecule has 0 saturated heterocycles. The molecule has 0 aliphatic carbocycles. The van der Waals surface area contributed by atoms with Crippen molar-refractivity contribution >= 4 is 8.25 Å². The summed E-state index contributed by atoms with van der Waals surface area (Å²) >= 11 is 0. The van der Waals surface area contributed by atoms with Crippen molar-refractivity contribution in [1.29, 1.82) is 5.26 Å². The van der Waals surface area contributed by atoms with Gasteiger partial charge < -0.3 is 0 Å². The van der Waals surface area contributed by atoms with Crippen molar-refractivity contribution < 1.29 is 14.0 Å². The Hall–Kier alpha value is -1.34. The van der Waals surface area contributed by atoms with Crippen LogP contribution in [0.2, 0.25) is 0 Å². The first-order valence-electron chi connectivity index (χ1n) is 3.36. The number of pyridine rings is 1. The van der Waals surface area contributed by atoms with Gasteiger partial charge in [0.15, 0.2) is 0 Å². The third-order valence-corrected chi connectivity index (χ3v) is 1.69. The average Bonchev–Trinajstić information content (AvgIpc) is 2.15. The maximum absolute atomic E-state index is 10.3. The first-order valence-corrected chi connectivity index (χ1v) is 4.49. The molecule has 1 heterocycles. The Balaban J connectivity index is 2.80. The fourth-order valence-electron chi connectivity index (χ4n) is 0.780. The number of aromatic nitrogens is 1. The first-order chi connectivity index (χ1) is 6.24. The average molecular weight is 197 g/mol. The van der Waals surface area contributed by atoms with Crippen molar-refractivity contribution in [3.63, 3.8) is 0 Å². The normalized spacial score (nSPS) is 13.1. The van der Waals surface area contributed by atoms with E-state index in [1.807, 2.05) is 0 Å². The zero-order valence-electron chi connectivity index (χ0n) is 6.49. The summed E-state index contributed by atoms with van der Waals surface area (Å²) in [5, 5.41) is 8.59. The molecule has 6 heteroatoms. The minimum Gasteiger partial charge on any atom is -0.264 e. The van der Waals surface area contributed by atoms with Gasteiger partial charge in [-0.3, -0.25) is 4.98 Å². The quantitative estimate of drug-likeness (QED) is 0.738. The van der Waals surface area contributed by atoms with E-state index in [0.717, 1.165) is 0 Å². The minimum absolute atomic E-state index is 0.461. The number of hydrogen-bond acceptors (Lipinski definition) is 4. The Morgan fingerprint density at radius 3 is 3.00 bits per heavy atom. The molecule has 5 nitrogen and oxygen atoms in total. The summed E-state index contributed by atoms with van der Waals surface area (Å²) < 4.78 is 14.7. The van der Waals surface area contributed by atoms with Gasteiger partial charge in [-0.05, 0) is 6.07 Å². The molecule has 1 aromatic heterocycles. The highest BCUT2D eigenvalue weighted by atomic mass is 31.1. The van der Waals surface area contributed by atoms with Gasteiger partial charge in [-0.1, -0.05) is 10.6 Å². The van der Waals surface area contributed by atoms with Crippen LogP contribution in [0.15, 0.2) is 24.5 Å². The molecular weight excluding hydrogens is 191 g/mol. The number of nitriles is 1. The van der Waals surface area contributed by atoms with Crippen LogP contribution in [0.5, 0.6) is 0 Å². The highest BCUT2D eigenvalue weighted by Gasteiger charge is 2.24. The van der Waals surface area contributed by atoms with E-state index < -0.39 is 14.4 Å². The summed E-state index contributed by atoms with van der Waals surface area (Å²) in [5.74, 6) is 0. The molecule has 0 spiro atoms. The lowest BCUT2D eigenvalue weighted by atomic mass is 10.2. The van der Waals surface area contributed by atoms with Gasteiger partial charge >= 0.3 is 8.25 Å². The summed E-state index contributed by atoms with van der Waals surface area (Å²) in [5.41, 5.74) is 0.461. The van der Waals surface area contributed by atoms with Gasteiger partial charge in [-0.15, -0.1) is 4.89 Å². The third-order valence-electron chi connectivity index (χ3n) is 1.30. The van der Waals surface area contributed by atoms with Crippen molar-refractivity contribution in [3.05, 3.63) is 30.1 Å². The number of nitrogens with zero attached hydrogens (tertiary/aromatic N) is 2. The largest absolute Gasteiger partial charge is 0.696 e. The summed E-state index contributed by atoms with van der Waals surface area (Å²) in [6, 6.07) is 4.96. The standard InChI is InChI=1S/C7H5N2O3P/c8-4-7(12-13(10)11)6-2-1-3-9-5-6/h1-3,5,7H/p+1. The first kappa shape index (κ1) is 9.75. The zero-order valence-corrected chi connectivity index (χ0v) is 7.39. The predicted molar refractivity (Wildman–Crippen MR) is 43.5 cm³/mol. The van der Waals surface area contributed by atoms with E-state index in [9.17, 15) is 4.57 Å². The molecule has 0 bridgehead atoms. The second-order valence-electron chi connectivity index (χ2n) is 2.14. The molecule has 0 aliphatic rings. The Kier molecular flexibility index (Phi) is 3.47. The van der Waals surface area contributed by atoms with Crippen molar-refractivity contribution in [1.82, 2.24) is 4.98 Å². The van der Waals surface area contributed by atoms with Crippen molar-refractivity contribution in [2.75, 3.05) is 0 Å². The van der Waals surface area contributed by atoms with Gasteiger partial charge in [0.25, 0.3) is 0 Å². The molecule has 1 rings (SSSR count). The molecule has 0 saturated carbocycles. The van der Waals surface area contributed by atoms with Crippen LogP contribution in [0, 0.1) is 11.3 Å². The summed E-state index contributed by atoms with van der Waals surface area (Å²) in [7, 11) is -2.77. The highest BCUT2D eigenvalue weighted by molar-refractivity contribution is 7.32. The second kappa shape index (κ2) is 4.63. The van der Waals surface area contributed by atoms with E-state index in [4.69, 9.17) is 10.2 Å². The van der Waals surface area contributed by atoms with E-state index >= 15 is 0 Å². The fourth-order valence-corrected chi connectivity index (χ4v) is 1.13. The topological polar surface area (TPSA) is 83.2 Å². The van der Waals surface area contributed by atoms with E-state index in [1.54, 1.807) is 18.2 Å². The van der Waals surface area contributed by atoms with Crippen LogP contribution < -0.4 is 0 Å². The molecule has 0 aromatic carbocycles. The monoisotopic (exact) mass is 197 g/mol. The molecule has 1 aromatic rings. The van der Waals surface area contributed by atoms with Crippen LogP contribution in [0.1, 0.15) is 11.7 Å². The van der Waals surface area contributed by atoms with Gasteiger partial charge in [0.2, 0.25) is 6.10 Å². The Bertz CT molecular complexity index is 335. The zero-order chi connectivity index (χ0) is 9.68. The molecular formula is C7H6N2O3P+. The fraction of sp³-hybridized carbons (Fsp3) is 0.143. The number of rotatable bonds is 3. The van der Waals surface area contributed by atoms with E-state index in [0.29, 0.717) is 5.56 Å². The highest BCUT2D eigenvalue weighted by Crippen LogP contribution is 2.27. The summed E-state index contributed by atoms with van der Waals surface area (Å²) in [6.07, 6.45) is 1.91. The van der Waals surface area contributed by atoms with Gasteiger partial charge in [-0.25, -0.2) is 0 Å². The smallest absolute Gasteiger partial charge is 0.264 e. The number of hydrogen-bond donors (Lipinski definition) is 1. The van der Waals surface area contributed by atoms with Crippen molar-refractivity contribution in [2.24, 2.45) is 0 Å². The van der Waals surface area contributed by atoms with Crippen molar-refractivity contribution in [2.45, 2.75) is 6.10 Å². The molecule has 13 heavy (non-hydrogen) atoms. The summed E-state index contributed by atoms with van der Waals surface area (Å²) in [4.78, 5) is 12.2. The van der Waals surface area contributed by atoms with Crippen molar-refractivity contribution in [3.8, 4) is 6.07 Å². The molecule has 2 unspecified atom stereocenters. The molecule has 0 amide bonds. The molecule has 1 N–H and O–H groups in total. The van der Waals surface area contributed by atoms with E-state index in [1.165, 1.54) is 12.4 Å². The van der Waals surface area contributed by atoms with Crippen LogP contribution in [-0.4, -0.2) is 9.88 Å². The Labute approximate surface area is 75.6 Å². The van der Waals surface area contributed by atoms with E-state index in [-0.39, 0.29) is 0 Å². The van der Waals surface area contributed by atoms with Crippen LogP contribution in [0.3, 0.4) is 0 Å². The lowest BCUT2D eigenvalue weighted by Gasteiger charge is -1.98. The van der Waals surface area contributed by atoms with Crippen LogP contribution in [-0.2, 0) is 9.09 Å². The molecule has 2 atom stereocenters. The van der Waals surface area contributed by atoms with Gasteiger partial charge in [0, 0.05) is 22.5 Å². The maximum Gasteiger partial charge on any atom is 0.696 e. The molecule has 0 radical (unpaired) electrons. The Morgan fingerprint density at radius 1 is 1.77 bits per heavy atom. The van der Waals surface area contributed by atoms with Gasteiger partial charge in [0.1, 0.15) is 6.07 Å². The Morgan fingerprint density at radius 2 is 2.54 bits per heavy atom. The van der Waals surface area contributed by atoms with Crippen LogP contribution in [0.25, 0.3) is 0 Å². The van der Waals surface area contributed by atoms with Gasteiger partial charge in [-0.2, -0.15) is 5.26 Å². The maximum atomic E-state index is 10.3. The molecule has 0 fully saturated rings. The molecule has 0 aliphatic heterocycles. The van der Waals surface area contributed by atoms with E-state index in [2.05, 4.69) is 9.51 Å². The second-order valence-corrected chi connectivity index (χ2v) is 2.83. The molecule has 66 valence electrons. The SMILES string of the molecule is N#CC(O[P+](=O)O)c1cccnc1. The third kappa shape index (κ3) is 2.88. The van der Waals surface area contributed by atoms with Gasteiger partial charge in [0.05, 0.1) is 0 Å².